The molecule has 100 valence electrons. The number of aromatic nitrogens is 2. The number of carboxylic acid groups (broad SMARTS) is 1. The summed E-state index contributed by atoms with van der Waals surface area (Å²) in [5, 5.41) is 13.2. The van der Waals surface area contributed by atoms with E-state index in [9.17, 15) is 4.79 Å². The summed E-state index contributed by atoms with van der Waals surface area (Å²) in [6, 6.07) is 5.71. The number of rotatable bonds is 2. The summed E-state index contributed by atoms with van der Waals surface area (Å²) in [5.41, 5.74) is 0.999. The van der Waals surface area contributed by atoms with Gasteiger partial charge in [-0.25, -0.2) is 9.31 Å². The van der Waals surface area contributed by atoms with Crippen molar-refractivity contribution < 1.29 is 14.6 Å². The third-order valence-corrected chi connectivity index (χ3v) is 3.45. The first-order chi connectivity index (χ1) is 9.13. The van der Waals surface area contributed by atoms with Gasteiger partial charge in [-0.2, -0.15) is 5.10 Å². The average molecular weight is 261 g/mol. The Balaban J connectivity index is 1.73. The van der Waals surface area contributed by atoms with Gasteiger partial charge in [0, 0.05) is 18.7 Å². The van der Waals surface area contributed by atoms with Gasteiger partial charge in [0.2, 0.25) is 0 Å². The second-order valence-electron chi connectivity index (χ2n) is 4.82. The summed E-state index contributed by atoms with van der Waals surface area (Å²) in [6.45, 7) is 2.31. The smallest absolute Gasteiger partial charge is 0.407 e. The van der Waals surface area contributed by atoms with Gasteiger partial charge in [0.05, 0.1) is 18.3 Å². The normalized spacial score (nSPS) is 22.9. The van der Waals surface area contributed by atoms with Crippen molar-refractivity contribution in [1.29, 1.82) is 0 Å². The van der Waals surface area contributed by atoms with Crippen LogP contribution in [0.4, 0.5) is 4.79 Å². The van der Waals surface area contributed by atoms with Crippen molar-refractivity contribution in [1.82, 2.24) is 14.5 Å². The van der Waals surface area contributed by atoms with E-state index < -0.39 is 6.09 Å². The summed E-state index contributed by atoms with van der Waals surface area (Å²) < 4.78 is 7.58. The maximum absolute atomic E-state index is 11.0. The van der Waals surface area contributed by atoms with Crippen molar-refractivity contribution in [3.05, 3.63) is 30.6 Å². The summed E-state index contributed by atoms with van der Waals surface area (Å²) in [6.07, 6.45) is 3.26. The van der Waals surface area contributed by atoms with E-state index in [-0.39, 0.29) is 12.1 Å². The quantitative estimate of drug-likeness (QED) is 0.896. The number of carbonyl (C=O) groups is 1. The molecule has 2 aromatic rings. The number of ether oxygens (including phenoxy) is 1. The highest BCUT2D eigenvalue weighted by Crippen LogP contribution is 2.23. The third kappa shape index (κ3) is 2.21. The molecule has 19 heavy (non-hydrogen) atoms. The van der Waals surface area contributed by atoms with Crippen LogP contribution >= 0.6 is 0 Å². The molecule has 1 aliphatic heterocycles. The number of pyridine rings is 1. The van der Waals surface area contributed by atoms with Gasteiger partial charge in [-0.05, 0) is 25.1 Å². The van der Waals surface area contributed by atoms with Crippen LogP contribution in [0.3, 0.4) is 0 Å². The fourth-order valence-corrected chi connectivity index (χ4v) is 2.49. The van der Waals surface area contributed by atoms with Crippen molar-refractivity contribution in [3.63, 3.8) is 0 Å². The number of fused-ring (bicyclic) bond motifs is 1. The van der Waals surface area contributed by atoms with Crippen LogP contribution in [0.25, 0.3) is 5.52 Å². The molecule has 6 heteroatoms. The van der Waals surface area contributed by atoms with Gasteiger partial charge in [0.15, 0.2) is 0 Å². The first-order valence-electron chi connectivity index (χ1n) is 6.23. The first-order valence-corrected chi connectivity index (χ1v) is 6.23. The molecule has 1 aliphatic rings. The largest absolute Gasteiger partial charge is 0.487 e. The summed E-state index contributed by atoms with van der Waals surface area (Å²) in [5.74, 6) is 0.709. The Morgan fingerprint density at radius 1 is 1.47 bits per heavy atom. The van der Waals surface area contributed by atoms with Crippen molar-refractivity contribution in [3.8, 4) is 5.75 Å². The number of likely N-dealkylation sites (tertiary alicyclic amines) is 1. The van der Waals surface area contributed by atoms with Crippen LogP contribution in [-0.4, -0.2) is 44.4 Å². The van der Waals surface area contributed by atoms with Crippen LogP contribution in [0.2, 0.25) is 0 Å². The van der Waals surface area contributed by atoms with E-state index in [1.165, 1.54) is 4.90 Å². The highest BCUT2D eigenvalue weighted by molar-refractivity contribution is 5.65. The van der Waals surface area contributed by atoms with E-state index in [4.69, 9.17) is 9.84 Å². The number of hydrogen-bond acceptors (Lipinski definition) is 3. The minimum atomic E-state index is -0.888. The second kappa shape index (κ2) is 4.46. The molecule has 1 N–H and O–H groups in total. The molecule has 1 amide bonds. The Kier molecular flexibility index (Phi) is 2.77. The average Bonchev–Trinajstić information content (AvgIpc) is 2.95. The standard InChI is InChI=1S/C13H15N3O3/c1-9-6-12(7-15(9)13(17)18)19-11-3-2-10-4-5-14-16(10)8-11/h2-5,8-9,12H,6-7H2,1H3,(H,17,18)/t9-,12+/m0/s1. The van der Waals surface area contributed by atoms with Crippen LogP contribution in [0, 0.1) is 0 Å². The third-order valence-electron chi connectivity index (χ3n) is 3.45. The van der Waals surface area contributed by atoms with Crippen molar-refractivity contribution in [2.45, 2.75) is 25.5 Å². The fourth-order valence-electron chi connectivity index (χ4n) is 2.49. The molecule has 0 spiro atoms. The molecule has 0 aromatic carbocycles. The van der Waals surface area contributed by atoms with E-state index >= 15 is 0 Å². The maximum atomic E-state index is 11.0. The Hall–Kier alpha value is -2.24. The molecule has 2 aromatic heterocycles. The zero-order valence-electron chi connectivity index (χ0n) is 10.6. The number of nitrogens with zero attached hydrogens (tertiary/aromatic N) is 3. The molecule has 0 radical (unpaired) electrons. The van der Waals surface area contributed by atoms with Gasteiger partial charge in [0.1, 0.15) is 11.9 Å². The van der Waals surface area contributed by atoms with Crippen molar-refractivity contribution >= 4 is 11.6 Å². The summed E-state index contributed by atoms with van der Waals surface area (Å²) in [7, 11) is 0. The lowest BCUT2D eigenvalue weighted by molar-refractivity contribution is 0.136. The first kappa shape index (κ1) is 11.8. The molecule has 3 heterocycles. The number of amides is 1. The lowest BCUT2D eigenvalue weighted by atomic mass is 10.2. The molecule has 0 unspecified atom stereocenters. The minimum absolute atomic E-state index is 0.00376. The van der Waals surface area contributed by atoms with Crippen molar-refractivity contribution in [2.24, 2.45) is 0 Å². The van der Waals surface area contributed by atoms with E-state index in [1.807, 2.05) is 31.3 Å². The topological polar surface area (TPSA) is 67.1 Å². The molecule has 1 saturated heterocycles. The van der Waals surface area contributed by atoms with Gasteiger partial charge in [-0.15, -0.1) is 0 Å². The van der Waals surface area contributed by atoms with Gasteiger partial charge >= 0.3 is 6.09 Å². The molecular weight excluding hydrogens is 246 g/mol. The van der Waals surface area contributed by atoms with Gasteiger partial charge in [-0.1, -0.05) is 0 Å². The Morgan fingerprint density at radius 2 is 2.32 bits per heavy atom. The summed E-state index contributed by atoms with van der Waals surface area (Å²) in [4.78, 5) is 12.4. The molecule has 6 nitrogen and oxygen atoms in total. The van der Waals surface area contributed by atoms with Gasteiger partial charge in [0.25, 0.3) is 0 Å². The van der Waals surface area contributed by atoms with E-state index in [2.05, 4.69) is 5.10 Å². The monoisotopic (exact) mass is 261 g/mol. The predicted molar refractivity (Wildman–Crippen MR) is 68.4 cm³/mol. The van der Waals surface area contributed by atoms with E-state index in [1.54, 1.807) is 10.7 Å². The van der Waals surface area contributed by atoms with Crippen LogP contribution in [0.1, 0.15) is 13.3 Å². The maximum Gasteiger partial charge on any atom is 0.407 e. The van der Waals surface area contributed by atoms with Crippen LogP contribution in [-0.2, 0) is 0 Å². The van der Waals surface area contributed by atoms with Crippen LogP contribution in [0.15, 0.2) is 30.6 Å². The lowest BCUT2D eigenvalue weighted by Gasteiger charge is -2.16. The molecule has 2 atom stereocenters. The Bertz CT molecular complexity index is 610. The van der Waals surface area contributed by atoms with Crippen LogP contribution < -0.4 is 4.74 Å². The lowest BCUT2D eigenvalue weighted by Crippen LogP contribution is -2.33. The zero-order valence-corrected chi connectivity index (χ0v) is 10.6. The van der Waals surface area contributed by atoms with Gasteiger partial charge < -0.3 is 14.7 Å². The zero-order chi connectivity index (χ0) is 13.4. The highest BCUT2D eigenvalue weighted by atomic mass is 16.5. The molecule has 0 saturated carbocycles. The summed E-state index contributed by atoms with van der Waals surface area (Å²) >= 11 is 0. The molecule has 3 rings (SSSR count). The van der Waals surface area contributed by atoms with Gasteiger partial charge in [-0.3, -0.25) is 0 Å². The second-order valence-corrected chi connectivity index (χ2v) is 4.82. The minimum Gasteiger partial charge on any atom is -0.487 e. The Labute approximate surface area is 110 Å². The number of hydrogen-bond donors (Lipinski definition) is 1. The SMILES string of the molecule is C[C@H]1C[C@@H](Oc2ccc3ccnn3c2)CN1C(=O)O. The molecule has 0 bridgehead atoms. The fraction of sp³-hybridized carbons (Fsp3) is 0.385. The predicted octanol–water partition coefficient (Wildman–Crippen LogP) is 1.85. The molecule has 0 aliphatic carbocycles. The van der Waals surface area contributed by atoms with Crippen LogP contribution in [0.5, 0.6) is 5.75 Å². The van der Waals surface area contributed by atoms with E-state index in [0.29, 0.717) is 18.7 Å². The Morgan fingerprint density at radius 3 is 3.05 bits per heavy atom. The van der Waals surface area contributed by atoms with E-state index in [0.717, 1.165) is 5.52 Å². The van der Waals surface area contributed by atoms with Crippen molar-refractivity contribution in [2.75, 3.05) is 6.54 Å². The molecule has 1 fully saturated rings. The highest BCUT2D eigenvalue weighted by Gasteiger charge is 2.33. The molecular formula is C13H15N3O3.